The molecule has 146 valence electrons. The minimum Gasteiger partial charge on any atom is -0.444 e. The van der Waals surface area contributed by atoms with Gasteiger partial charge in [-0.2, -0.15) is 5.26 Å². The van der Waals surface area contributed by atoms with E-state index >= 15 is 0 Å². The molecule has 1 aromatic carbocycles. The molecule has 1 saturated heterocycles. The van der Waals surface area contributed by atoms with Crippen LogP contribution < -0.4 is 0 Å². The number of thioether (sulfide) groups is 1. The average molecular weight is 390 g/mol. The number of benzene rings is 1. The molecule has 6 nitrogen and oxygen atoms in total. The maximum absolute atomic E-state index is 12.5. The summed E-state index contributed by atoms with van der Waals surface area (Å²) < 4.78 is 5.42. The van der Waals surface area contributed by atoms with Crippen LogP contribution in [0.4, 0.5) is 4.79 Å². The predicted molar refractivity (Wildman–Crippen MR) is 106 cm³/mol. The van der Waals surface area contributed by atoms with Gasteiger partial charge in [0.25, 0.3) is 0 Å². The zero-order valence-electron chi connectivity index (χ0n) is 16.2. The van der Waals surface area contributed by atoms with Crippen LogP contribution in [0.25, 0.3) is 0 Å². The Balaban J connectivity index is 1.76. The fraction of sp³-hybridized carbons (Fsp3) is 0.550. The van der Waals surface area contributed by atoms with E-state index in [9.17, 15) is 9.59 Å². The number of carbonyl (C=O) groups excluding carboxylic acids is 2. The van der Waals surface area contributed by atoms with E-state index < -0.39 is 5.60 Å². The third-order valence-electron chi connectivity index (χ3n) is 4.08. The van der Waals surface area contributed by atoms with E-state index in [-0.39, 0.29) is 12.0 Å². The number of hydrogen-bond donors (Lipinski definition) is 0. The predicted octanol–water partition coefficient (Wildman–Crippen LogP) is 3.26. The SMILES string of the molecule is CC(C)(C)OC(=O)N1CCCN(C(=O)CSCc2ccc(C#N)cc2)CC1. The highest BCUT2D eigenvalue weighted by Crippen LogP contribution is 2.16. The minimum absolute atomic E-state index is 0.0969. The summed E-state index contributed by atoms with van der Waals surface area (Å²) in [5, 5.41) is 8.82. The fourth-order valence-electron chi connectivity index (χ4n) is 2.70. The number of hydrogen-bond acceptors (Lipinski definition) is 5. The van der Waals surface area contributed by atoms with Crippen LogP contribution in [0.15, 0.2) is 24.3 Å². The van der Waals surface area contributed by atoms with Crippen LogP contribution in [0.2, 0.25) is 0 Å². The molecular formula is C20H27N3O3S. The second-order valence-electron chi connectivity index (χ2n) is 7.50. The molecule has 1 aliphatic heterocycles. The van der Waals surface area contributed by atoms with Crippen molar-refractivity contribution in [2.45, 2.75) is 38.5 Å². The zero-order valence-corrected chi connectivity index (χ0v) is 17.1. The van der Waals surface area contributed by atoms with Gasteiger partial charge in [0.15, 0.2) is 0 Å². The van der Waals surface area contributed by atoms with Crippen molar-refractivity contribution >= 4 is 23.8 Å². The summed E-state index contributed by atoms with van der Waals surface area (Å²) in [6.45, 7) is 7.86. The number of nitriles is 1. The second kappa shape index (κ2) is 9.65. The smallest absolute Gasteiger partial charge is 0.410 e. The molecule has 0 N–H and O–H groups in total. The van der Waals surface area contributed by atoms with Gasteiger partial charge in [0, 0.05) is 31.9 Å². The summed E-state index contributed by atoms with van der Waals surface area (Å²) >= 11 is 1.56. The molecule has 0 saturated carbocycles. The van der Waals surface area contributed by atoms with Crippen molar-refractivity contribution in [3.8, 4) is 6.07 Å². The van der Waals surface area contributed by atoms with Gasteiger partial charge in [-0.25, -0.2) is 4.79 Å². The van der Waals surface area contributed by atoms with Gasteiger partial charge in [0.2, 0.25) is 5.91 Å². The van der Waals surface area contributed by atoms with Gasteiger partial charge in [-0.15, -0.1) is 11.8 Å². The van der Waals surface area contributed by atoms with E-state index in [1.165, 1.54) is 0 Å². The summed E-state index contributed by atoms with van der Waals surface area (Å²) in [4.78, 5) is 28.2. The Labute approximate surface area is 165 Å². The Hall–Kier alpha value is -2.20. The molecule has 0 spiro atoms. The van der Waals surface area contributed by atoms with E-state index in [4.69, 9.17) is 10.00 Å². The molecular weight excluding hydrogens is 362 g/mol. The minimum atomic E-state index is -0.513. The number of rotatable bonds is 4. The first-order chi connectivity index (χ1) is 12.8. The van der Waals surface area contributed by atoms with E-state index in [2.05, 4.69) is 6.07 Å². The van der Waals surface area contributed by atoms with Crippen molar-refractivity contribution in [1.82, 2.24) is 9.80 Å². The summed E-state index contributed by atoms with van der Waals surface area (Å²) in [6, 6.07) is 9.51. The van der Waals surface area contributed by atoms with Gasteiger partial charge in [-0.3, -0.25) is 4.79 Å². The van der Waals surface area contributed by atoms with E-state index in [0.29, 0.717) is 37.5 Å². The van der Waals surface area contributed by atoms with E-state index in [1.54, 1.807) is 28.8 Å². The standard InChI is InChI=1S/C20H27N3O3S/c1-20(2,3)26-19(25)23-10-4-9-22(11-12-23)18(24)15-27-14-17-7-5-16(13-21)6-8-17/h5-8H,4,9-12,14-15H2,1-3H3. The van der Waals surface area contributed by atoms with Crippen molar-refractivity contribution in [2.75, 3.05) is 31.9 Å². The van der Waals surface area contributed by atoms with Crippen molar-refractivity contribution in [3.05, 3.63) is 35.4 Å². The molecule has 7 heteroatoms. The lowest BCUT2D eigenvalue weighted by atomic mass is 10.2. The first-order valence-electron chi connectivity index (χ1n) is 9.11. The average Bonchev–Trinajstić information content (AvgIpc) is 2.87. The van der Waals surface area contributed by atoms with E-state index in [0.717, 1.165) is 17.7 Å². The number of amides is 2. The topological polar surface area (TPSA) is 73.6 Å². The van der Waals surface area contributed by atoms with Crippen LogP contribution in [0.3, 0.4) is 0 Å². The third kappa shape index (κ3) is 7.14. The number of carbonyl (C=O) groups is 2. The monoisotopic (exact) mass is 389 g/mol. The Morgan fingerprint density at radius 2 is 1.74 bits per heavy atom. The van der Waals surface area contributed by atoms with Gasteiger partial charge >= 0.3 is 6.09 Å². The third-order valence-corrected chi connectivity index (χ3v) is 5.07. The molecule has 1 fully saturated rings. The first-order valence-corrected chi connectivity index (χ1v) is 10.3. The molecule has 2 rings (SSSR count). The van der Waals surface area contributed by atoms with Gasteiger partial charge < -0.3 is 14.5 Å². The van der Waals surface area contributed by atoms with Crippen LogP contribution in [0.1, 0.15) is 38.3 Å². The highest BCUT2D eigenvalue weighted by Gasteiger charge is 2.25. The Kier molecular flexibility index (Phi) is 7.55. The van der Waals surface area contributed by atoms with Gasteiger partial charge in [-0.1, -0.05) is 12.1 Å². The zero-order chi connectivity index (χ0) is 19.9. The Morgan fingerprint density at radius 3 is 2.37 bits per heavy atom. The summed E-state index contributed by atoms with van der Waals surface area (Å²) in [7, 11) is 0. The maximum Gasteiger partial charge on any atom is 0.410 e. The lowest BCUT2D eigenvalue weighted by molar-refractivity contribution is -0.128. The van der Waals surface area contributed by atoms with Crippen LogP contribution in [0.5, 0.6) is 0 Å². The molecule has 0 aromatic heterocycles. The molecule has 0 radical (unpaired) electrons. The molecule has 0 bridgehead atoms. The lowest BCUT2D eigenvalue weighted by Crippen LogP contribution is -2.40. The van der Waals surface area contributed by atoms with Crippen LogP contribution in [-0.2, 0) is 15.3 Å². The van der Waals surface area contributed by atoms with Gasteiger partial charge in [0.05, 0.1) is 17.4 Å². The summed E-state index contributed by atoms with van der Waals surface area (Å²) in [5.74, 6) is 1.24. The van der Waals surface area contributed by atoms with Gasteiger partial charge in [-0.05, 0) is 44.9 Å². The Bertz CT molecular complexity index is 692. The molecule has 0 atom stereocenters. The van der Waals surface area contributed by atoms with Crippen LogP contribution in [0, 0.1) is 11.3 Å². The first kappa shape index (κ1) is 21.1. The lowest BCUT2D eigenvalue weighted by Gasteiger charge is -2.26. The van der Waals surface area contributed by atoms with Crippen molar-refractivity contribution in [1.29, 1.82) is 5.26 Å². The molecule has 1 aromatic rings. The normalized spacial score (nSPS) is 15.0. The van der Waals surface area contributed by atoms with Crippen LogP contribution >= 0.6 is 11.8 Å². The maximum atomic E-state index is 12.5. The molecule has 0 unspecified atom stereocenters. The summed E-state index contributed by atoms with van der Waals surface area (Å²) in [5.41, 5.74) is 1.22. The van der Waals surface area contributed by atoms with Crippen molar-refractivity contribution in [3.63, 3.8) is 0 Å². The van der Waals surface area contributed by atoms with E-state index in [1.807, 2.05) is 37.8 Å². The van der Waals surface area contributed by atoms with Crippen molar-refractivity contribution in [2.24, 2.45) is 0 Å². The summed E-state index contributed by atoms with van der Waals surface area (Å²) in [6.07, 6.45) is 0.442. The van der Waals surface area contributed by atoms with Crippen LogP contribution in [-0.4, -0.2) is 59.3 Å². The number of ether oxygens (including phenoxy) is 1. The molecule has 1 aliphatic rings. The Morgan fingerprint density at radius 1 is 1.11 bits per heavy atom. The second-order valence-corrected chi connectivity index (χ2v) is 8.49. The largest absolute Gasteiger partial charge is 0.444 e. The van der Waals surface area contributed by atoms with Crippen molar-refractivity contribution < 1.29 is 14.3 Å². The molecule has 1 heterocycles. The highest BCUT2D eigenvalue weighted by molar-refractivity contribution is 7.99. The fourth-order valence-corrected chi connectivity index (χ4v) is 3.59. The van der Waals surface area contributed by atoms with Gasteiger partial charge in [0.1, 0.15) is 5.60 Å². The quantitative estimate of drug-likeness (QED) is 0.790. The molecule has 0 aliphatic carbocycles. The molecule has 2 amide bonds. The molecule has 27 heavy (non-hydrogen) atoms. The number of nitrogens with zero attached hydrogens (tertiary/aromatic N) is 3. The highest BCUT2D eigenvalue weighted by atomic mass is 32.2.